The highest BCUT2D eigenvalue weighted by Crippen LogP contribution is 2.12. The fourth-order valence-electron chi connectivity index (χ4n) is 2.79. The van der Waals surface area contributed by atoms with Crippen LogP contribution in [0.5, 0.6) is 0 Å². The van der Waals surface area contributed by atoms with Crippen LogP contribution in [-0.4, -0.2) is 36.4 Å². The SMILES string of the molecule is CCCCCCCC(O)CCC(NC(=O)OCc1ccccc1)C(=O)OC. The van der Waals surface area contributed by atoms with E-state index in [2.05, 4.69) is 12.2 Å². The molecule has 1 amide bonds. The van der Waals surface area contributed by atoms with Crippen molar-refractivity contribution >= 4 is 12.1 Å². The molecular weight excluding hydrogens is 346 g/mol. The number of carbonyl (C=O) groups is 2. The number of carbonyl (C=O) groups excluding carboxylic acids is 2. The van der Waals surface area contributed by atoms with Crippen LogP contribution in [0.25, 0.3) is 0 Å². The van der Waals surface area contributed by atoms with Gasteiger partial charge in [-0.25, -0.2) is 9.59 Å². The van der Waals surface area contributed by atoms with Crippen molar-refractivity contribution < 1.29 is 24.2 Å². The van der Waals surface area contributed by atoms with Crippen LogP contribution in [0.3, 0.4) is 0 Å². The van der Waals surface area contributed by atoms with Gasteiger partial charge >= 0.3 is 12.1 Å². The smallest absolute Gasteiger partial charge is 0.408 e. The third-order valence-electron chi connectivity index (χ3n) is 4.42. The van der Waals surface area contributed by atoms with E-state index >= 15 is 0 Å². The molecule has 0 spiro atoms. The Morgan fingerprint density at radius 3 is 2.41 bits per heavy atom. The quantitative estimate of drug-likeness (QED) is 0.400. The summed E-state index contributed by atoms with van der Waals surface area (Å²) < 4.78 is 9.89. The van der Waals surface area contributed by atoms with Crippen LogP contribution in [0, 0.1) is 0 Å². The van der Waals surface area contributed by atoms with Crippen molar-refractivity contribution in [1.29, 1.82) is 0 Å². The van der Waals surface area contributed by atoms with E-state index in [1.807, 2.05) is 30.3 Å². The van der Waals surface area contributed by atoms with Crippen molar-refractivity contribution in [3.8, 4) is 0 Å². The zero-order valence-corrected chi connectivity index (χ0v) is 16.5. The molecular formula is C21H33NO5. The minimum absolute atomic E-state index is 0.126. The average Bonchev–Trinajstić information content (AvgIpc) is 2.69. The van der Waals surface area contributed by atoms with Gasteiger partial charge in [-0.2, -0.15) is 0 Å². The molecule has 152 valence electrons. The largest absolute Gasteiger partial charge is 0.467 e. The number of aliphatic hydroxyl groups excluding tert-OH is 1. The lowest BCUT2D eigenvalue weighted by Gasteiger charge is -2.18. The topological polar surface area (TPSA) is 84.9 Å². The minimum atomic E-state index is -0.826. The van der Waals surface area contributed by atoms with Gasteiger partial charge in [-0.1, -0.05) is 69.4 Å². The van der Waals surface area contributed by atoms with E-state index in [4.69, 9.17) is 9.47 Å². The van der Waals surface area contributed by atoms with Crippen molar-refractivity contribution in [3.05, 3.63) is 35.9 Å². The molecule has 0 radical (unpaired) electrons. The molecule has 0 aliphatic carbocycles. The van der Waals surface area contributed by atoms with Gasteiger partial charge in [-0.15, -0.1) is 0 Å². The Morgan fingerprint density at radius 2 is 1.74 bits per heavy atom. The minimum Gasteiger partial charge on any atom is -0.467 e. The van der Waals surface area contributed by atoms with Gasteiger partial charge < -0.3 is 19.9 Å². The first kappa shape index (κ1) is 23.0. The molecule has 0 bridgehead atoms. The van der Waals surface area contributed by atoms with Gasteiger partial charge in [0.1, 0.15) is 12.6 Å². The molecule has 0 fully saturated rings. The molecule has 0 saturated heterocycles. The number of unbranched alkanes of at least 4 members (excludes halogenated alkanes) is 4. The third-order valence-corrected chi connectivity index (χ3v) is 4.42. The number of benzene rings is 1. The molecule has 0 heterocycles. The summed E-state index contributed by atoms with van der Waals surface area (Å²) in [6.07, 6.45) is 5.94. The van der Waals surface area contributed by atoms with Crippen LogP contribution in [0.15, 0.2) is 30.3 Å². The Kier molecular flexibility index (Phi) is 11.9. The van der Waals surface area contributed by atoms with Crippen molar-refractivity contribution in [1.82, 2.24) is 5.32 Å². The zero-order valence-electron chi connectivity index (χ0n) is 16.5. The van der Waals surface area contributed by atoms with E-state index in [-0.39, 0.29) is 6.61 Å². The van der Waals surface area contributed by atoms with E-state index in [0.717, 1.165) is 18.4 Å². The molecule has 6 heteroatoms. The Hall–Kier alpha value is -2.08. The van der Waals surface area contributed by atoms with Gasteiger partial charge in [0.2, 0.25) is 0 Å². The van der Waals surface area contributed by atoms with Crippen LogP contribution in [0.1, 0.15) is 63.9 Å². The highest BCUT2D eigenvalue weighted by Gasteiger charge is 2.23. The number of ether oxygens (including phenoxy) is 2. The Balaban J connectivity index is 2.34. The Labute approximate surface area is 162 Å². The van der Waals surface area contributed by atoms with Crippen molar-refractivity contribution in [2.75, 3.05) is 7.11 Å². The highest BCUT2D eigenvalue weighted by atomic mass is 16.6. The molecule has 0 aliphatic heterocycles. The van der Waals surface area contributed by atoms with Gasteiger partial charge in [0, 0.05) is 0 Å². The number of hydrogen-bond acceptors (Lipinski definition) is 5. The summed E-state index contributed by atoms with van der Waals surface area (Å²) in [4.78, 5) is 23.9. The number of nitrogens with one attached hydrogen (secondary N) is 1. The van der Waals surface area contributed by atoms with Crippen molar-refractivity contribution in [2.24, 2.45) is 0 Å². The van der Waals surface area contributed by atoms with E-state index < -0.39 is 24.2 Å². The molecule has 0 aliphatic rings. The molecule has 2 atom stereocenters. The number of hydrogen-bond donors (Lipinski definition) is 2. The van der Waals surface area contributed by atoms with Crippen LogP contribution in [0.4, 0.5) is 4.79 Å². The van der Waals surface area contributed by atoms with Gasteiger partial charge in [0.05, 0.1) is 13.2 Å². The summed E-state index contributed by atoms with van der Waals surface area (Å²) in [6, 6.07) is 8.47. The number of esters is 1. The molecule has 0 aromatic heterocycles. The summed E-state index contributed by atoms with van der Waals surface area (Å²) >= 11 is 0. The summed E-state index contributed by atoms with van der Waals surface area (Å²) in [6.45, 7) is 2.29. The first-order valence-corrected chi connectivity index (χ1v) is 9.80. The summed E-state index contributed by atoms with van der Waals surface area (Å²) in [5, 5.41) is 12.6. The van der Waals surface area contributed by atoms with E-state index in [0.29, 0.717) is 19.3 Å². The summed E-state index contributed by atoms with van der Waals surface area (Å²) in [5.41, 5.74) is 0.862. The molecule has 1 aromatic carbocycles. The van der Waals surface area contributed by atoms with Gasteiger partial charge in [0.15, 0.2) is 0 Å². The van der Waals surface area contributed by atoms with Crippen LogP contribution >= 0.6 is 0 Å². The molecule has 6 nitrogen and oxygen atoms in total. The van der Waals surface area contributed by atoms with Gasteiger partial charge in [0.25, 0.3) is 0 Å². The molecule has 27 heavy (non-hydrogen) atoms. The van der Waals surface area contributed by atoms with Gasteiger partial charge in [-0.3, -0.25) is 0 Å². The molecule has 1 aromatic rings. The van der Waals surface area contributed by atoms with Crippen molar-refractivity contribution in [2.45, 2.75) is 77.0 Å². The van der Waals surface area contributed by atoms with E-state index in [1.54, 1.807) is 0 Å². The lowest BCUT2D eigenvalue weighted by molar-refractivity contribution is -0.143. The number of aliphatic hydroxyl groups is 1. The number of amides is 1. The first-order valence-electron chi connectivity index (χ1n) is 9.80. The lowest BCUT2D eigenvalue weighted by Crippen LogP contribution is -2.42. The molecule has 0 saturated carbocycles. The maximum atomic E-state index is 12.0. The second kappa shape index (κ2) is 14.0. The Bertz CT molecular complexity index is 535. The maximum absolute atomic E-state index is 12.0. The van der Waals surface area contributed by atoms with Crippen LogP contribution < -0.4 is 5.32 Å². The highest BCUT2D eigenvalue weighted by molar-refractivity contribution is 5.81. The monoisotopic (exact) mass is 379 g/mol. The van der Waals surface area contributed by atoms with Crippen LogP contribution in [0.2, 0.25) is 0 Å². The van der Waals surface area contributed by atoms with E-state index in [9.17, 15) is 14.7 Å². The predicted molar refractivity (Wildman–Crippen MR) is 104 cm³/mol. The zero-order chi connectivity index (χ0) is 19.9. The standard InChI is InChI=1S/C21H33NO5/c1-3-4-5-6-10-13-18(23)14-15-19(20(24)26-2)22-21(25)27-16-17-11-8-7-9-12-17/h7-9,11-12,18-19,23H,3-6,10,13-16H2,1-2H3,(H,22,25). The molecule has 2 unspecified atom stereocenters. The number of rotatable bonds is 13. The second-order valence-electron chi connectivity index (χ2n) is 6.72. The summed E-state index contributed by atoms with van der Waals surface area (Å²) in [7, 11) is 1.27. The molecule has 1 rings (SSSR count). The van der Waals surface area contributed by atoms with E-state index in [1.165, 1.54) is 26.4 Å². The van der Waals surface area contributed by atoms with Crippen LogP contribution in [-0.2, 0) is 20.9 Å². The first-order chi connectivity index (χ1) is 13.1. The fraction of sp³-hybridized carbons (Fsp3) is 0.619. The van der Waals surface area contributed by atoms with Crippen molar-refractivity contribution in [3.63, 3.8) is 0 Å². The second-order valence-corrected chi connectivity index (χ2v) is 6.72. The van der Waals surface area contributed by atoms with Gasteiger partial charge in [-0.05, 0) is 24.8 Å². The normalized spacial score (nSPS) is 12.9. The number of methoxy groups -OCH3 is 1. The Morgan fingerprint density at radius 1 is 1.04 bits per heavy atom. The number of alkyl carbamates (subject to hydrolysis) is 1. The summed E-state index contributed by atoms with van der Waals surface area (Å²) in [5.74, 6) is -0.540. The lowest BCUT2D eigenvalue weighted by atomic mass is 10.0. The molecule has 2 N–H and O–H groups in total. The average molecular weight is 379 g/mol. The predicted octanol–water partition coefficient (Wildman–Crippen LogP) is 3.96. The fourth-order valence-corrected chi connectivity index (χ4v) is 2.79. The maximum Gasteiger partial charge on any atom is 0.408 e. The third kappa shape index (κ3) is 10.6.